The molecule has 1 aromatic rings. The summed E-state index contributed by atoms with van der Waals surface area (Å²) in [5.41, 5.74) is 7.42. The molecule has 2 fully saturated rings. The standard InChI is InChI=1S/C18H24N2O2/c19-17(21)15-5-2-6-16(11-15)20-18(22)14-9-7-13(8-10-14)12-3-1-4-12/h7-10,12,15-16H,1-6,11H2,(H2,19,21)(H,20,22)/t15-,16-/m0/s1. The van der Waals surface area contributed by atoms with Crippen molar-refractivity contribution in [1.29, 1.82) is 0 Å². The Balaban J connectivity index is 1.58. The zero-order chi connectivity index (χ0) is 15.5. The van der Waals surface area contributed by atoms with Crippen molar-refractivity contribution < 1.29 is 9.59 Å². The molecule has 0 unspecified atom stereocenters. The fourth-order valence-electron chi connectivity index (χ4n) is 3.50. The van der Waals surface area contributed by atoms with E-state index in [9.17, 15) is 9.59 Å². The van der Waals surface area contributed by atoms with Crippen molar-refractivity contribution in [3.63, 3.8) is 0 Å². The third-order valence-electron chi connectivity index (χ3n) is 5.16. The van der Waals surface area contributed by atoms with E-state index in [1.165, 1.54) is 24.8 Å². The van der Waals surface area contributed by atoms with Crippen LogP contribution in [-0.4, -0.2) is 17.9 Å². The van der Waals surface area contributed by atoms with Gasteiger partial charge in [0, 0.05) is 17.5 Å². The van der Waals surface area contributed by atoms with Gasteiger partial charge in [0.1, 0.15) is 0 Å². The van der Waals surface area contributed by atoms with Crippen molar-refractivity contribution in [3.8, 4) is 0 Å². The van der Waals surface area contributed by atoms with Crippen molar-refractivity contribution in [2.24, 2.45) is 11.7 Å². The number of carbonyl (C=O) groups excluding carboxylic acids is 2. The fourth-order valence-corrected chi connectivity index (χ4v) is 3.50. The molecule has 2 atom stereocenters. The van der Waals surface area contributed by atoms with Crippen molar-refractivity contribution in [1.82, 2.24) is 5.32 Å². The van der Waals surface area contributed by atoms with Crippen LogP contribution in [0.3, 0.4) is 0 Å². The molecule has 3 N–H and O–H groups in total. The van der Waals surface area contributed by atoms with E-state index in [1.807, 2.05) is 12.1 Å². The lowest BCUT2D eigenvalue weighted by Crippen LogP contribution is -2.41. The van der Waals surface area contributed by atoms with Gasteiger partial charge in [-0.15, -0.1) is 0 Å². The number of hydrogen-bond acceptors (Lipinski definition) is 2. The smallest absolute Gasteiger partial charge is 0.251 e. The Morgan fingerprint density at radius 1 is 1.00 bits per heavy atom. The molecular weight excluding hydrogens is 276 g/mol. The zero-order valence-electron chi connectivity index (χ0n) is 12.9. The summed E-state index contributed by atoms with van der Waals surface area (Å²) in [4.78, 5) is 23.6. The summed E-state index contributed by atoms with van der Waals surface area (Å²) in [6.45, 7) is 0. The first-order valence-electron chi connectivity index (χ1n) is 8.33. The molecule has 0 heterocycles. The highest BCUT2D eigenvalue weighted by molar-refractivity contribution is 5.94. The van der Waals surface area contributed by atoms with Gasteiger partial charge in [-0.1, -0.05) is 25.0 Å². The lowest BCUT2D eigenvalue weighted by molar-refractivity contribution is -0.122. The average molecular weight is 300 g/mol. The molecule has 0 bridgehead atoms. The maximum Gasteiger partial charge on any atom is 0.251 e. The Morgan fingerprint density at radius 3 is 2.27 bits per heavy atom. The highest BCUT2D eigenvalue weighted by Crippen LogP contribution is 2.36. The Hall–Kier alpha value is -1.84. The molecule has 4 heteroatoms. The van der Waals surface area contributed by atoms with E-state index in [0.29, 0.717) is 17.9 Å². The summed E-state index contributed by atoms with van der Waals surface area (Å²) in [6, 6.07) is 8.04. The minimum Gasteiger partial charge on any atom is -0.369 e. The van der Waals surface area contributed by atoms with E-state index < -0.39 is 0 Å². The van der Waals surface area contributed by atoms with E-state index in [0.717, 1.165) is 19.3 Å². The van der Waals surface area contributed by atoms with Crippen molar-refractivity contribution in [2.45, 2.75) is 56.9 Å². The molecule has 2 saturated carbocycles. The van der Waals surface area contributed by atoms with Crippen molar-refractivity contribution in [3.05, 3.63) is 35.4 Å². The molecule has 118 valence electrons. The number of rotatable bonds is 4. The first kappa shape index (κ1) is 15.1. The van der Waals surface area contributed by atoms with Gasteiger partial charge in [0.05, 0.1) is 0 Å². The normalized spacial score (nSPS) is 25.3. The third kappa shape index (κ3) is 3.32. The van der Waals surface area contributed by atoms with Gasteiger partial charge >= 0.3 is 0 Å². The van der Waals surface area contributed by atoms with Crippen LogP contribution in [-0.2, 0) is 4.79 Å². The topological polar surface area (TPSA) is 72.2 Å². The second kappa shape index (κ2) is 6.51. The van der Waals surface area contributed by atoms with Gasteiger partial charge in [0.15, 0.2) is 0 Å². The maximum atomic E-state index is 12.3. The van der Waals surface area contributed by atoms with Gasteiger partial charge < -0.3 is 11.1 Å². The lowest BCUT2D eigenvalue weighted by Gasteiger charge is -2.28. The van der Waals surface area contributed by atoms with Crippen LogP contribution in [0.2, 0.25) is 0 Å². The minimum atomic E-state index is -0.246. The number of nitrogens with one attached hydrogen (secondary N) is 1. The summed E-state index contributed by atoms with van der Waals surface area (Å²) in [7, 11) is 0. The molecule has 2 aliphatic carbocycles. The van der Waals surface area contributed by atoms with E-state index in [4.69, 9.17) is 5.73 Å². The van der Waals surface area contributed by atoms with Gasteiger partial charge in [0.25, 0.3) is 5.91 Å². The Bertz CT molecular complexity index is 549. The molecule has 0 spiro atoms. The number of primary amides is 1. The number of carbonyl (C=O) groups is 2. The van der Waals surface area contributed by atoms with Gasteiger partial charge in [-0.3, -0.25) is 9.59 Å². The van der Waals surface area contributed by atoms with Crippen LogP contribution in [0, 0.1) is 5.92 Å². The minimum absolute atomic E-state index is 0.0460. The van der Waals surface area contributed by atoms with Crippen molar-refractivity contribution in [2.75, 3.05) is 0 Å². The highest BCUT2D eigenvalue weighted by atomic mass is 16.2. The molecule has 2 amide bonds. The van der Waals surface area contributed by atoms with Crippen LogP contribution >= 0.6 is 0 Å². The zero-order valence-corrected chi connectivity index (χ0v) is 12.9. The molecule has 4 nitrogen and oxygen atoms in total. The van der Waals surface area contributed by atoms with Crippen LogP contribution in [0.4, 0.5) is 0 Å². The molecule has 22 heavy (non-hydrogen) atoms. The van der Waals surface area contributed by atoms with Crippen molar-refractivity contribution >= 4 is 11.8 Å². The second-order valence-electron chi connectivity index (χ2n) is 6.69. The molecule has 0 saturated heterocycles. The van der Waals surface area contributed by atoms with Gasteiger partial charge in [-0.05, 0) is 55.7 Å². The third-order valence-corrected chi connectivity index (χ3v) is 5.16. The Kier molecular flexibility index (Phi) is 4.46. The molecule has 1 aromatic carbocycles. The Morgan fingerprint density at radius 2 is 1.68 bits per heavy atom. The monoisotopic (exact) mass is 300 g/mol. The SMILES string of the molecule is NC(=O)[C@H]1CCC[C@H](NC(=O)c2ccc(C3CCC3)cc2)C1. The fraction of sp³-hybridized carbons (Fsp3) is 0.556. The van der Waals surface area contributed by atoms with E-state index in [2.05, 4.69) is 17.4 Å². The average Bonchev–Trinajstić information content (AvgIpc) is 2.46. The van der Waals surface area contributed by atoms with Crippen LogP contribution in [0.1, 0.15) is 66.8 Å². The van der Waals surface area contributed by atoms with Crippen LogP contribution in [0.5, 0.6) is 0 Å². The van der Waals surface area contributed by atoms with Crippen LogP contribution in [0.15, 0.2) is 24.3 Å². The van der Waals surface area contributed by atoms with Gasteiger partial charge in [0.2, 0.25) is 5.91 Å². The number of nitrogens with two attached hydrogens (primary N) is 1. The first-order valence-corrected chi connectivity index (χ1v) is 8.33. The van der Waals surface area contributed by atoms with E-state index in [-0.39, 0.29) is 23.8 Å². The number of amides is 2. The molecule has 0 aromatic heterocycles. The molecule has 0 aliphatic heterocycles. The van der Waals surface area contributed by atoms with Gasteiger partial charge in [-0.25, -0.2) is 0 Å². The lowest BCUT2D eigenvalue weighted by atomic mass is 9.80. The van der Waals surface area contributed by atoms with Crippen LogP contribution < -0.4 is 11.1 Å². The second-order valence-corrected chi connectivity index (χ2v) is 6.69. The predicted molar refractivity (Wildman–Crippen MR) is 85.4 cm³/mol. The summed E-state index contributed by atoms with van der Waals surface area (Å²) in [6.07, 6.45) is 7.23. The Labute approximate surface area is 131 Å². The summed E-state index contributed by atoms with van der Waals surface area (Å²) < 4.78 is 0. The quantitative estimate of drug-likeness (QED) is 0.897. The van der Waals surface area contributed by atoms with Gasteiger partial charge in [-0.2, -0.15) is 0 Å². The number of benzene rings is 1. The maximum absolute atomic E-state index is 12.3. The summed E-state index contributed by atoms with van der Waals surface area (Å²) >= 11 is 0. The first-order chi connectivity index (χ1) is 10.6. The largest absolute Gasteiger partial charge is 0.369 e. The summed E-state index contributed by atoms with van der Waals surface area (Å²) in [5.74, 6) is 0.297. The van der Waals surface area contributed by atoms with E-state index >= 15 is 0 Å². The van der Waals surface area contributed by atoms with E-state index in [1.54, 1.807) is 0 Å². The highest BCUT2D eigenvalue weighted by Gasteiger charge is 2.27. The summed E-state index contributed by atoms with van der Waals surface area (Å²) in [5, 5.41) is 3.05. The molecule has 0 radical (unpaired) electrons. The molecule has 2 aliphatic rings. The molecule has 3 rings (SSSR count). The number of hydrogen-bond donors (Lipinski definition) is 2. The van der Waals surface area contributed by atoms with Crippen LogP contribution in [0.25, 0.3) is 0 Å². The predicted octanol–water partition coefficient (Wildman–Crippen LogP) is 2.73. The molecular formula is C18H24N2O2.